The van der Waals surface area contributed by atoms with Gasteiger partial charge in [-0.05, 0) is 44.5 Å². The maximum atomic E-state index is 12.5. The van der Waals surface area contributed by atoms with Crippen LogP contribution in [0.2, 0.25) is 0 Å². The molecule has 0 aromatic heterocycles. The lowest BCUT2D eigenvalue weighted by Crippen LogP contribution is -2.14. The molecule has 0 amide bonds. The van der Waals surface area contributed by atoms with Crippen LogP contribution in [-0.4, -0.2) is 20.0 Å². The summed E-state index contributed by atoms with van der Waals surface area (Å²) in [7, 11) is -3.85. The normalized spacial score (nSPS) is 11.1. The Kier molecular flexibility index (Phi) is 4.65. The van der Waals surface area contributed by atoms with E-state index in [-0.39, 0.29) is 16.5 Å². The molecule has 120 valence electrons. The highest BCUT2D eigenvalue weighted by molar-refractivity contribution is 7.92. The van der Waals surface area contributed by atoms with Crippen molar-refractivity contribution in [3.63, 3.8) is 0 Å². The molecule has 0 unspecified atom stereocenters. The summed E-state index contributed by atoms with van der Waals surface area (Å²) in [6, 6.07) is 10.7. The summed E-state index contributed by atoms with van der Waals surface area (Å²) in [6.07, 6.45) is 0. The quantitative estimate of drug-likeness (QED) is 0.853. The van der Waals surface area contributed by atoms with Crippen LogP contribution in [0.15, 0.2) is 47.4 Å². The summed E-state index contributed by atoms with van der Waals surface area (Å²) >= 11 is 0. The molecule has 0 saturated carbocycles. The Morgan fingerprint density at radius 3 is 2.13 bits per heavy atom. The molecule has 0 atom stereocenters. The Morgan fingerprint density at radius 2 is 1.52 bits per heavy atom. The maximum Gasteiger partial charge on any atom is 0.261 e. The topological polar surface area (TPSA) is 80.3 Å². The molecule has 0 heterocycles. The Labute approximate surface area is 135 Å². The molecule has 0 saturated heterocycles. The first kappa shape index (κ1) is 16.9. The van der Waals surface area contributed by atoms with Gasteiger partial charge in [0.15, 0.2) is 11.6 Å². The molecule has 1 N–H and O–H groups in total. The summed E-state index contributed by atoms with van der Waals surface area (Å²) in [5, 5.41) is 0. The zero-order valence-corrected chi connectivity index (χ0v) is 13.9. The molecule has 23 heavy (non-hydrogen) atoms. The second-order valence-electron chi connectivity index (χ2n) is 5.28. The molecule has 5 nitrogen and oxygen atoms in total. The van der Waals surface area contributed by atoms with Crippen LogP contribution in [0, 0.1) is 6.92 Å². The summed E-state index contributed by atoms with van der Waals surface area (Å²) in [4.78, 5) is 22.9. The van der Waals surface area contributed by atoms with Gasteiger partial charge in [-0.15, -0.1) is 0 Å². The number of carbonyl (C=O) groups excluding carboxylic acids is 2. The van der Waals surface area contributed by atoms with Gasteiger partial charge >= 0.3 is 0 Å². The molecule has 2 aromatic carbocycles. The number of ketones is 2. The average Bonchev–Trinajstić information content (AvgIpc) is 2.49. The number of aryl methyl sites for hydroxylation is 1. The zero-order chi connectivity index (χ0) is 17.2. The fraction of sp³-hybridized carbons (Fsp3) is 0.176. The van der Waals surface area contributed by atoms with E-state index in [1.54, 1.807) is 25.1 Å². The maximum absolute atomic E-state index is 12.5. The Hall–Kier alpha value is -2.47. The van der Waals surface area contributed by atoms with Crippen molar-refractivity contribution in [1.29, 1.82) is 0 Å². The highest BCUT2D eigenvalue weighted by atomic mass is 32.2. The van der Waals surface area contributed by atoms with E-state index in [2.05, 4.69) is 4.72 Å². The fourth-order valence-electron chi connectivity index (χ4n) is 2.04. The van der Waals surface area contributed by atoms with Crippen molar-refractivity contribution in [2.45, 2.75) is 25.7 Å². The van der Waals surface area contributed by atoms with Crippen molar-refractivity contribution in [3.8, 4) is 0 Å². The molecule has 0 aliphatic heterocycles. The van der Waals surface area contributed by atoms with Gasteiger partial charge in [0.1, 0.15) is 0 Å². The van der Waals surface area contributed by atoms with Crippen LogP contribution in [0.5, 0.6) is 0 Å². The van der Waals surface area contributed by atoms with Crippen LogP contribution >= 0.6 is 0 Å². The second-order valence-corrected chi connectivity index (χ2v) is 6.96. The van der Waals surface area contributed by atoms with Crippen LogP contribution in [-0.2, 0) is 10.0 Å². The average molecular weight is 331 g/mol. The summed E-state index contributed by atoms with van der Waals surface area (Å²) in [5.41, 5.74) is 1.78. The van der Waals surface area contributed by atoms with E-state index in [9.17, 15) is 18.0 Å². The van der Waals surface area contributed by atoms with Crippen molar-refractivity contribution in [3.05, 3.63) is 59.2 Å². The number of anilines is 1. The lowest BCUT2D eigenvalue weighted by atomic mass is 10.1. The van der Waals surface area contributed by atoms with Gasteiger partial charge in [-0.2, -0.15) is 0 Å². The third kappa shape index (κ3) is 3.84. The molecule has 2 rings (SSSR count). The van der Waals surface area contributed by atoms with Crippen LogP contribution in [0.4, 0.5) is 5.69 Å². The minimum atomic E-state index is -3.85. The molecular formula is C17H17NO4S. The smallest absolute Gasteiger partial charge is 0.261 e. The van der Waals surface area contributed by atoms with E-state index in [1.807, 2.05) is 0 Å². The molecular weight excluding hydrogens is 314 g/mol. The number of hydrogen-bond acceptors (Lipinski definition) is 4. The van der Waals surface area contributed by atoms with Gasteiger partial charge in [0.25, 0.3) is 10.0 Å². The van der Waals surface area contributed by atoms with Crippen LogP contribution in [0.25, 0.3) is 0 Å². The third-order valence-corrected chi connectivity index (χ3v) is 4.80. The lowest BCUT2D eigenvalue weighted by Gasteiger charge is -2.12. The van der Waals surface area contributed by atoms with E-state index in [1.165, 1.54) is 38.1 Å². The molecule has 0 radical (unpaired) electrons. The number of carbonyl (C=O) groups is 2. The van der Waals surface area contributed by atoms with E-state index < -0.39 is 10.0 Å². The van der Waals surface area contributed by atoms with Gasteiger partial charge in [-0.3, -0.25) is 14.3 Å². The van der Waals surface area contributed by atoms with E-state index in [0.717, 1.165) is 0 Å². The number of hydrogen-bond donors (Lipinski definition) is 1. The van der Waals surface area contributed by atoms with Crippen molar-refractivity contribution < 1.29 is 18.0 Å². The van der Waals surface area contributed by atoms with Crippen molar-refractivity contribution >= 4 is 27.3 Å². The Morgan fingerprint density at radius 1 is 0.913 bits per heavy atom. The van der Waals surface area contributed by atoms with Crippen LogP contribution in [0.1, 0.15) is 40.1 Å². The molecule has 0 aliphatic carbocycles. The van der Waals surface area contributed by atoms with Gasteiger partial charge in [0, 0.05) is 11.1 Å². The van der Waals surface area contributed by atoms with Gasteiger partial charge in [0.05, 0.1) is 10.6 Å². The van der Waals surface area contributed by atoms with Crippen LogP contribution in [0.3, 0.4) is 0 Å². The molecule has 0 aliphatic rings. The lowest BCUT2D eigenvalue weighted by molar-refractivity contribution is 0.100. The van der Waals surface area contributed by atoms with E-state index in [0.29, 0.717) is 22.4 Å². The van der Waals surface area contributed by atoms with Crippen molar-refractivity contribution in [2.24, 2.45) is 0 Å². The van der Waals surface area contributed by atoms with Gasteiger partial charge in [-0.25, -0.2) is 8.42 Å². The molecule has 0 spiro atoms. The van der Waals surface area contributed by atoms with Gasteiger partial charge in [0.2, 0.25) is 0 Å². The molecule has 0 bridgehead atoms. The monoisotopic (exact) mass is 331 g/mol. The Bertz CT molecular complexity index is 885. The van der Waals surface area contributed by atoms with Crippen LogP contribution < -0.4 is 4.72 Å². The summed E-state index contributed by atoms with van der Waals surface area (Å²) in [5.74, 6) is -0.360. The molecule has 0 fully saturated rings. The highest BCUT2D eigenvalue weighted by Gasteiger charge is 2.17. The number of benzene rings is 2. The van der Waals surface area contributed by atoms with E-state index in [4.69, 9.17) is 0 Å². The van der Waals surface area contributed by atoms with Crippen molar-refractivity contribution in [2.75, 3.05) is 4.72 Å². The number of nitrogens with one attached hydrogen (secondary N) is 1. The highest BCUT2D eigenvalue weighted by Crippen LogP contribution is 2.22. The first-order valence-electron chi connectivity index (χ1n) is 6.96. The first-order chi connectivity index (χ1) is 10.7. The minimum absolute atomic E-state index is 0.00201. The predicted octanol–water partition coefficient (Wildman–Crippen LogP) is 3.20. The molecule has 6 heteroatoms. The van der Waals surface area contributed by atoms with E-state index >= 15 is 0 Å². The standard InChI is InChI=1S/C17H17NO4S/c1-11-7-8-15(13(3)20)10-17(11)18-23(21,22)16-6-4-5-14(9-16)12(2)19/h4-10,18H,1-3H3. The largest absolute Gasteiger partial charge is 0.295 e. The van der Waals surface area contributed by atoms with Gasteiger partial charge in [-0.1, -0.05) is 24.3 Å². The molecule has 2 aromatic rings. The second kappa shape index (κ2) is 6.34. The summed E-state index contributed by atoms with van der Waals surface area (Å²) < 4.78 is 27.5. The van der Waals surface area contributed by atoms with Gasteiger partial charge < -0.3 is 0 Å². The zero-order valence-electron chi connectivity index (χ0n) is 13.1. The fourth-order valence-corrected chi connectivity index (χ4v) is 3.20. The predicted molar refractivity (Wildman–Crippen MR) is 88.4 cm³/mol. The SMILES string of the molecule is CC(=O)c1cccc(S(=O)(=O)Nc2cc(C(C)=O)ccc2C)c1. The minimum Gasteiger partial charge on any atom is -0.295 e. The van der Waals surface area contributed by atoms with Crippen molar-refractivity contribution in [1.82, 2.24) is 0 Å². The third-order valence-electron chi connectivity index (χ3n) is 3.44. The number of rotatable bonds is 5. The number of Topliss-reactive ketones (excluding diaryl/α,β-unsaturated/α-hetero) is 2. The Balaban J connectivity index is 2.42. The summed E-state index contributed by atoms with van der Waals surface area (Å²) in [6.45, 7) is 4.53. The first-order valence-corrected chi connectivity index (χ1v) is 8.44. The number of sulfonamides is 1.